The molecule has 1 aromatic heterocycles. The summed E-state index contributed by atoms with van der Waals surface area (Å²) < 4.78 is 1.68. The lowest BCUT2D eigenvalue weighted by molar-refractivity contribution is 0.0325. The van der Waals surface area contributed by atoms with E-state index in [1.807, 2.05) is 25.9 Å². The van der Waals surface area contributed by atoms with Gasteiger partial charge in [0.25, 0.3) is 5.91 Å². The average Bonchev–Trinajstić information content (AvgIpc) is 2.48. The Kier molecular flexibility index (Phi) is 4.70. The van der Waals surface area contributed by atoms with Crippen LogP contribution in [0.4, 0.5) is 0 Å². The van der Waals surface area contributed by atoms with E-state index >= 15 is 0 Å². The van der Waals surface area contributed by atoms with Gasteiger partial charge in [0.2, 0.25) is 0 Å². The first-order valence-corrected chi connectivity index (χ1v) is 6.29. The maximum absolute atomic E-state index is 12.1. The molecule has 19 heavy (non-hydrogen) atoms. The normalized spacial score (nSPS) is 14.5. The summed E-state index contributed by atoms with van der Waals surface area (Å²) in [4.78, 5) is 14.0. The van der Waals surface area contributed by atoms with E-state index in [4.69, 9.17) is 0 Å². The number of carbonyl (C=O) groups excluding carboxylic acids is 1. The molecule has 1 amide bonds. The largest absolute Gasteiger partial charge is 0.387 e. The molecule has 1 rings (SSSR count). The van der Waals surface area contributed by atoms with Crippen LogP contribution in [0.3, 0.4) is 0 Å². The zero-order valence-electron chi connectivity index (χ0n) is 12.6. The summed E-state index contributed by atoms with van der Waals surface area (Å²) in [5.74, 6) is -0.192. The third-order valence-corrected chi connectivity index (χ3v) is 3.02. The van der Waals surface area contributed by atoms with Crippen LogP contribution >= 0.6 is 0 Å². The molecule has 1 heterocycles. The van der Waals surface area contributed by atoms with Gasteiger partial charge in [-0.15, -0.1) is 0 Å². The Morgan fingerprint density at radius 1 is 1.47 bits per heavy atom. The van der Waals surface area contributed by atoms with E-state index in [1.165, 1.54) is 0 Å². The number of nitrogens with zero attached hydrogens (tertiary/aromatic N) is 3. The number of nitrogens with one attached hydrogen (secondary N) is 1. The molecule has 0 spiro atoms. The number of aromatic nitrogens is 2. The van der Waals surface area contributed by atoms with Crippen molar-refractivity contribution in [1.82, 2.24) is 20.0 Å². The first kappa shape index (κ1) is 15.7. The van der Waals surface area contributed by atoms with Crippen molar-refractivity contribution in [3.8, 4) is 0 Å². The predicted octanol–water partition coefficient (Wildman–Crippen LogP) is 0.0793. The molecule has 0 saturated heterocycles. The monoisotopic (exact) mass is 268 g/mol. The topological polar surface area (TPSA) is 70.4 Å². The van der Waals surface area contributed by atoms with Gasteiger partial charge in [0.1, 0.15) is 0 Å². The molecule has 0 saturated carbocycles. The van der Waals surface area contributed by atoms with Gasteiger partial charge in [0.15, 0.2) is 0 Å². The van der Waals surface area contributed by atoms with Crippen LogP contribution in [0, 0.1) is 13.8 Å². The van der Waals surface area contributed by atoms with E-state index in [2.05, 4.69) is 10.4 Å². The van der Waals surface area contributed by atoms with E-state index in [1.54, 1.807) is 25.6 Å². The number of carbonyl (C=O) groups is 1. The second-order valence-corrected chi connectivity index (χ2v) is 5.59. The fraction of sp³-hybridized carbons (Fsp3) is 0.692. The maximum Gasteiger partial charge on any atom is 0.255 e. The number of hydrogen-bond donors (Lipinski definition) is 2. The molecule has 6 nitrogen and oxygen atoms in total. The van der Waals surface area contributed by atoms with E-state index in [0.29, 0.717) is 17.8 Å². The SMILES string of the molecule is Cc1nn(C)c(C)c1C(=O)NCC(C)(O)CN(C)C. The van der Waals surface area contributed by atoms with Gasteiger partial charge < -0.3 is 15.3 Å². The molecule has 108 valence electrons. The van der Waals surface area contributed by atoms with Gasteiger partial charge in [-0.2, -0.15) is 5.10 Å². The molecule has 2 N–H and O–H groups in total. The summed E-state index contributed by atoms with van der Waals surface area (Å²) in [5.41, 5.74) is 1.15. The van der Waals surface area contributed by atoms with Crippen LogP contribution in [0.2, 0.25) is 0 Å². The lowest BCUT2D eigenvalue weighted by Gasteiger charge is -2.27. The van der Waals surface area contributed by atoms with Crippen molar-refractivity contribution >= 4 is 5.91 Å². The number of hydrogen-bond acceptors (Lipinski definition) is 4. The first-order valence-electron chi connectivity index (χ1n) is 6.29. The first-order chi connectivity index (χ1) is 8.64. The Labute approximate surface area is 114 Å². The minimum atomic E-state index is -0.955. The van der Waals surface area contributed by atoms with Crippen molar-refractivity contribution in [3.63, 3.8) is 0 Å². The van der Waals surface area contributed by atoms with Gasteiger partial charge in [0.05, 0.1) is 16.9 Å². The summed E-state index contributed by atoms with van der Waals surface area (Å²) >= 11 is 0. The molecule has 1 atom stereocenters. The van der Waals surface area contributed by atoms with Gasteiger partial charge in [0, 0.05) is 25.8 Å². The average molecular weight is 268 g/mol. The Morgan fingerprint density at radius 2 is 2.05 bits per heavy atom. The van der Waals surface area contributed by atoms with Gasteiger partial charge >= 0.3 is 0 Å². The van der Waals surface area contributed by atoms with Crippen molar-refractivity contribution in [1.29, 1.82) is 0 Å². The smallest absolute Gasteiger partial charge is 0.255 e. The number of aliphatic hydroxyl groups is 1. The molecule has 1 unspecified atom stereocenters. The van der Waals surface area contributed by atoms with Gasteiger partial charge in [-0.25, -0.2) is 0 Å². The highest BCUT2D eigenvalue weighted by Gasteiger charge is 2.24. The van der Waals surface area contributed by atoms with Crippen molar-refractivity contribution < 1.29 is 9.90 Å². The van der Waals surface area contributed by atoms with E-state index in [0.717, 1.165) is 5.69 Å². The quantitative estimate of drug-likeness (QED) is 0.793. The van der Waals surface area contributed by atoms with Gasteiger partial charge in [-0.05, 0) is 34.9 Å². The fourth-order valence-electron chi connectivity index (χ4n) is 2.20. The van der Waals surface area contributed by atoms with Crippen LogP contribution in [-0.2, 0) is 7.05 Å². The molecule has 0 bridgehead atoms. The zero-order valence-corrected chi connectivity index (χ0v) is 12.6. The Bertz CT molecular complexity index is 463. The van der Waals surface area contributed by atoms with Crippen molar-refractivity contribution in [2.45, 2.75) is 26.4 Å². The molecule has 1 aromatic rings. The minimum Gasteiger partial charge on any atom is -0.387 e. The number of aryl methyl sites for hydroxylation is 2. The summed E-state index contributed by atoms with van der Waals surface area (Å²) in [6.07, 6.45) is 0. The van der Waals surface area contributed by atoms with Crippen molar-refractivity contribution in [2.24, 2.45) is 7.05 Å². The molecule has 0 aromatic carbocycles. The van der Waals surface area contributed by atoms with Crippen LogP contribution in [-0.4, -0.2) is 58.5 Å². The summed E-state index contributed by atoms with van der Waals surface area (Å²) in [7, 11) is 5.57. The second-order valence-electron chi connectivity index (χ2n) is 5.59. The molecule has 0 aliphatic carbocycles. The van der Waals surface area contributed by atoms with E-state index in [9.17, 15) is 9.90 Å². The van der Waals surface area contributed by atoms with Crippen molar-refractivity contribution in [2.75, 3.05) is 27.2 Å². The molecule has 0 aliphatic heterocycles. The van der Waals surface area contributed by atoms with Crippen LogP contribution in [0.5, 0.6) is 0 Å². The lowest BCUT2D eigenvalue weighted by atomic mass is 10.1. The van der Waals surface area contributed by atoms with Gasteiger partial charge in [-0.3, -0.25) is 9.48 Å². The molecular formula is C13H24N4O2. The highest BCUT2D eigenvalue weighted by atomic mass is 16.3. The molecule has 0 aliphatic rings. The van der Waals surface area contributed by atoms with Crippen molar-refractivity contribution in [3.05, 3.63) is 17.0 Å². The van der Waals surface area contributed by atoms with Crippen LogP contribution in [0.25, 0.3) is 0 Å². The van der Waals surface area contributed by atoms with Crippen LogP contribution < -0.4 is 5.32 Å². The predicted molar refractivity (Wildman–Crippen MR) is 74.2 cm³/mol. The third kappa shape index (κ3) is 4.04. The molecule has 0 fully saturated rings. The van der Waals surface area contributed by atoms with Crippen LogP contribution in [0.15, 0.2) is 0 Å². The Hall–Kier alpha value is -1.40. The van der Waals surface area contributed by atoms with Gasteiger partial charge in [-0.1, -0.05) is 0 Å². The number of rotatable bonds is 5. The fourth-order valence-corrected chi connectivity index (χ4v) is 2.20. The number of amides is 1. The van der Waals surface area contributed by atoms with E-state index < -0.39 is 5.60 Å². The Balaban J connectivity index is 2.71. The zero-order chi connectivity index (χ0) is 14.8. The lowest BCUT2D eigenvalue weighted by Crippen LogP contribution is -2.47. The highest BCUT2D eigenvalue weighted by molar-refractivity contribution is 5.96. The second kappa shape index (κ2) is 5.71. The molecule has 6 heteroatoms. The standard InChI is InChI=1S/C13H24N4O2/c1-9-11(10(2)17(6)15-9)12(18)14-7-13(3,19)8-16(4)5/h19H,7-8H2,1-6H3,(H,14,18). The highest BCUT2D eigenvalue weighted by Crippen LogP contribution is 2.12. The summed E-state index contributed by atoms with van der Waals surface area (Å²) in [6.45, 7) is 6.05. The summed E-state index contributed by atoms with van der Waals surface area (Å²) in [5, 5.41) is 17.1. The summed E-state index contributed by atoms with van der Waals surface area (Å²) in [6, 6.07) is 0. The van der Waals surface area contributed by atoms with E-state index in [-0.39, 0.29) is 12.5 Å². The molecule has 0 radical (unpaired) electrons. The minimum absolute atomic E-state index is 0.192. The maximum atomic E-state index is 12.1. The third-order valence-electron chi connectivity index (χ3n) is 3.02. The van der Waals surface area contributed by atoms with Crippen LogP contribution in [0.1, 0.15) is 28.7 Å². The number of likely N-dealkylation sites (N-methyl/N-ethyl adjacent to an activating group) is 1. The Morgan fingerprint density at radius 3 is 2.47 bits per heavy atom. The molecular weight excluding hydrogens is 244 g/mol.